The van der Waals surface area contributed by atoms with Gasteiger partial charge in [0.2, 0.25) is 11.8 Å². The molecule has 0 radical (unpaired) electrons. The Labute approximate surface area is 328 Å². The van der Waals surface area contributed by atoms with E-state index in [0.29, 0.717) is 12.3 Å². The number of fused-ring (bicyclic) bond motifs is 1. The number of amides is 2. The molecule has 3 aromatic rings. The molecule has 57 heavy (non-hydrogen) atoms. The van der Waals surface area contributed by atoms with Crippen molar-refractivity contribution in [3.8, 4) is 5.75 Å². The molecular formula is C29H44N7O17P3S. The second-order valence-electron chi connectivity index (χ2n) is 13.1. The number of nitrogens with two attached hydrogens (primary N) is 1. The Kier molecular flexibility index (Phi) is 16.2. The molecule has 0 saturated carbocycles. The summed E-state index contributed by atoms with van der Waals surface area (Å²) in [6, 6.07) is 6.88. The Hall–Kier alpha value is -3.09. The Bertz CT molecular complexity index is 1990. The third kappa shape index (κ3) is 14.0. The number of nitrogens with zero attached hydrogens (tertiary/aromatic N) is 4. The largest absolute Gasteiger partial charge is 0.508 e. The summed E-state index contributed by atoms with van der Waals surface area (Å²) in [6.45, 7) is 0.772. The molecule has 2 aromatic heterocycles. The van der Waals surface area contributed by atoms with Gasteiger partial charge in [0.05, 0.1) is 19.5 Å². The summed E-state index contributed by atoms with van der Waals surface area (Å²) in [5.41, 5.74) is 5.36. The first-order chi connectivity index (χ1) is 26.6. The number of aliphatic hydroxyl groups is 2. The molecule has 318 valence electrons. The van der Waals surface area contributed by atoms with Crippen LogP contribution in [0.1, 0.15) is 32.1 Å². The highest BCUT2D eigenvalue weighted by Crippen LogP contribution is 2.61. The van der Waals surface area contributed by atoms with Crippen molar-refractivity contribution in [2.75, 3.05) is 43.5 Å². The van der Waals surface area contributed by atoms with Gasteiger partial charge in [-0.25, -0.2) is 28.6 Å². The molecule has 1 aliphatic heterocycles. The minimum Gasteiger partial charge on any atom is -0.508 e. The molecule has 28 heteroatoms. The fraction of sp³-hybridized carbons (Fsp3) is 0.552. The van der Waals surface area contributed by atoms with E-state index in [9.17, 15) is 58.2 Å². The number of phenols is 1. The number of benzene rings is 1. The number of anilines is 1. The fourth-order valence-electron chi connectivity index (χ4n) is 5.16. The molecule has 0 spiro atoms. The fourth-order valence-corrected chi connectivity index (χ4v) is 8.82. The second-order valence-corrected chi connectivity index (χ2v) is 18.6. The van der Waals surface area contributed by atoms with Gasteiger partial charge in [0, 0.05) is 30.7 Å². The number of carbonyl (C=O) groups is 2. The quantitative estimate of drug-likeness (QED) is 0.0472. The summed E-state index contributed by atoms with van der Waals surface area (Å²) in [5, 5.41) is 35.9. The van der Waals surface area contributed by atoms with Crippen molar-refractivity contribution >= 4 is 64.0 Å². The van der Waals surface area contributed by atoms with Crippen molar-refractivity contribution in [1.29, 1.82) is 0 Å². The number of thioether (sulfide) groups is 1. The monoisotopic (exact) mass is 887 g/mol. The number of nitrogen functional groups attached to an aromatic ring is 1. The van der Waals surface area contributed by atoms with Gasteiger partial charge >= 0.3 is 23.5 Å². The van der Waals surface area contributed by atoms with E-state index in [0.717, 1.165) is 35.0 Å². The number of aromatic hydroxyl groups is 1. The van der Waals surface area contributed by atoms with Crippen LogP contribution < -0.4 is 16.4 Å². The molecule has 0 aliphatic carbocycles. The van der Waals surface area contributed by atoms with Crippen LogP contribution in [0.25, 0.3) is 11.2 Å². The molecule has 24 nitrogen and oxygen atoms in total. The zero-order chi connectivity index (χ0) is 42.2. The maximum atomic E-state index is 12.7. The second kappa shape index (κ2) is 19.8. The van der Waals surface area contributed by atoms with Crippen LogP contribution >= 0.6 is 35.2 Å². The molecule has 3 heterocycles. The lowest BCUT2D eigenvalue weighted by Gasteiger charge is -2.30. The van der Waals surface area contributed by atoms with E-state index in [-0.39, 0.29) is 41.6 Å². The number of phosphoric ester groups is 3. The van der Waals surface area contributed by atoms with Crippen LogP contribution in [0.3, 0.4) is 0 Å². The van der Waals surface area contributed by atoms with E-state index in [1.165, 1.54) is 13.8 Å². The molecule has 1 fully saturated rings. The van der Waals surface area contributed by atoms with Crippen molar-refractivity contribution in [2.45, 2.75) is 57.3 Å². The number of imidazole rings is 1. The van der Waals surface area contributed by atoms with Gasteiger partial charge < -0.3 is 56.0 Å². The number of phosphoric acid groups is 3. The van der Waals surface area contributed by atoms with Gasteiger partial charge in [0.1, 0.15) is 42.0 Å². The van der Waals surface area contributed by atoms with E-state index < -0.39 is 78.6 Å². The number of nitrogens with one attached hydrogen (secondary N) is 2. The first-order valence-electron chi connectivity index (χ1n) is 16.8. The molecule has 2 unspecified atom stereocenters. The highest BCUT2D eigenvalue weighted by Gasteiger charge is 2.50. The van der Waals surface area contributed by atoms with Gasteiger partial charge in [-0.1, -0.05) is 26.0 Å². The van der Waals surface area contributed by atoms with Crippen LogP contribution in [0.15, 0.2) is 36.9 Å². The van der Waals surface area contributed by atoms with Gasteiger partial charge in [0.15, 0.2) is 17.7 Å². The third-order valence-corrected chi connectivity index (χ3v) is 12.2. The standard InChI is InChI=1S/C29H44N7O17P3S/c1-29(2,24(40)27(41)32-9-7-20(38)31-10-12-57-11-8-17-3-5-18(37)6-4-17)14-50-56(47,48)53-55(45,46)49-13-19-23(52-54(42,43)44)22(39)28(51-19)36-16-35-21-25(30)33-15-34-26(21)36/h3-6,15-16,19,22-24,28,37,39-40H,7-14H2,1-2H3,(H,31,38)(H,32,41)(H,45,46)(H,47,48)(H2,30,33,34)(H2,42,43,44)/t19-,22-,23-,24+,28-/m1/s1. The maximum Gasteiger partial charge on any atom is 0.481 e. The Morgan fingerprint density at radius 3 is 2.39 bits per heavy atom. The average Bonchev–Trinajstić information content (AvgIpc) is 3.68. The van der Waals surface area contributed by atoms with Crippen LogP contribution in [0, 0.1) is 5.41 Å². The molecular weight excluding hydrogens is 843 g/mol. The predicted molar refractivity (Wildman–Crippen MR) is 199 cm³/mol. The SMILES string of the molecule is CC(C)(COP(=O)(O)OP(=O)(O)OC[C@H]1O[C@@H](n2cnc3c(N)ncnc32)[C@H](O)[C@@H]1OP(=O)(O)O)[C@@H](O)C(=O)NCCC(=O)NCCSCCc1ccc(O)cc1. The number of aryl methyl sites for hydroxylation is 1. The molecule has 0 bridgehead atoms. The summed E-state index contributed by atoms with van der Waals surface area (Å²) in [4.78, 5) is 75.7. The first kappa shape index (κ1) is 46.6. The van der Waals surface area contributed by atoms with Gasteiger partial charge in [-0.3, -0.25) is 27.7 Å². The molecule has 4 rings (SSSR count). The minimum atomic E-state index is -5.56. The van der Waals surface area contributed by atoms with Crippen molar-refractivity contribution in [3.63, 3.8) is 0 Å². The average molecular weight is 888 g/mol. The number of carbonyl (C=O) groups excluding carboxylic acids is 2. The van der Waals surface area contributed by atoms with Crippen LogP contribution in [0.2, 0.25) is 0 Å². The van der Waals surface area contributed by atoms with Crippen LogP contribution in [-0.4, -0.2) is 128 Å². The number of rotatable bonds is 22. The molecule has 2 amide bonds. The highest BCUT2D eigenvalue weighted by molar-refractivity contribution is 7.99. The number of ether oxygens (including phenoxy) is 1. The van der Waals surface area contributed by atoms with E-state index in [1.54, 1.807) is 23.9 Å². The smallest absolute Gasteiger partial charge is 0.481 e. The number of phenolic OH excluding ortho intramolecular Hbond substituents is 1. The predicted octanol–water partition coefficient (Wildman–Crippen LogP) is 0.0864. The van der Waals surface area contributed by atoms with Crippen molar-refractivity contribution in [1.82, 2.24) is 30.2 Å². The van der Waals surface area contributed by atoms with E-state index in [4.69, 9.17) is 19.5 Å². The summed E-state index contributed by atoms with van der Waals surface area (Å²) in [6.07, 6.45) is -6.01. The summed E-state index contributed by atoms with van der Waals surface area (Å²) < 4.78 is 62.2. The molecule has 1 aromatic carbocycles. The first-order valence-corrected chi connectivity index (χ1v) is 22.5. The summed E-state index contributed by atoms with van der Waals surface area (Å²) in [5.74, 6) is 0.302. The molecule has 11 N–H and O–H groups in total. The Morgan fingerprint density at radius 1 is 1.02 bits per heavy atom. The molecule has 7 atom stereocenters. The normalized spacial score (nSPS) is 21.5. The van der Waals surface area contributed by atoms with Crippen molar-refractivity contribution in [2.24, 2.45) is 5.41 Å². The lowest BCUT2D eigenvalue weighted by Crippen LogP contribution is -2.46. The highest BCUT2D eigenvalue weighted by atomic mass is 32.2. The lowest BCUT2D eigenvalue weighted by molar-refractivity contribution is -0.137. The van der Waals surface area contributed by atoms with Gasteiger partial charge in [-0.2, -0.15) is 16.1 Å². The number of hydrogen-bond acceptors (Lipinski definition) is 18. The lowest BCUT2D eigenvalue weighted by atomic mass is 9.87. The number of aliphatic hydroxyl groups excluding tert-OH is 2. The Morgan fingerprint density at radius 2 is 1.70 bits per heavy atom. The van der Waals surface area contributed by atoms with Gasteiger partial charge in [0.25, 0.3) is 0 Å². The third-order valence-electron chi connectivity index (χ3n) is 8.12. The Balaban J connectivity index is 1.21. The van der Waals surface area contributed by atoms with Crippen LogP contribution in [-0.2, 0) is 52.3 Å². The van der Waals surface area contributed by atoms with Crippen LogP contribution in [0.5, 0.6) is 5.75 Å². The van der Waals surface area contributed by atoms with Crippen molar-refractivity contribution in [3.05, 3.63) is 42.5 Å². The van der Waals surface area contributed by atoms with Gasteiger partial charge in [-0.05, 0) is 29.9 Å². The van der Waals surface area contributed by atoms with E-state index >= 15 is 0 Å². The maximum absolute atomic E-state index is 12.7. The van der Waals surface area contributed by atoms with Crippen LogP contribution in [0.4, 0.5) is 5.82 Å². The molecule has 1 saturated heterocycles. The summed E-state index contributed by atoms with van der Waals surface area (Å²) in [7, 11) is -16.4. The number of hydrogen-bond donors (Lipinski definition) is 10. The minimum absolute atomic E-state index is 0.0340. The summed E-state index contributed by atoms with van der Waals surface area (Å²) >= 11 is 1.62. The molecule has 1 aliphatic rings. The zero-order valence-electron chi connectivity index (χ0n) is 30.3. The number of aromatic nitrogens is 4. The van der Waals surface area contributed by atoms with E-state index in [1.807, 2.05) is 12.1 Å². The zero-order valence-corrected chi connectivity index (χ0v) is 33.8. The topological polar surface area (TPSA) is 367 Å². The van der Waals surface area contributed by atoms with Gasteiger partial charge in [-0.15, -0.1) is 0 Å². The van der Waals surface area contributed by atoms with Crippen molar-refractivity contribution < 1.29 is 80.8 Å². The van der Waals surface area contributed by atoms with E-state index in [2.05, 4.69) is 34.4 Å².